The van der Waals surface area contributed by atoms with E-state index in [1.165, 1.54) is 0 Å². The first-order valence-corrected chi connectivity index (χ1v) is 10.4. The Morgan fingerprint density at radius 1 is 1.00 bits per heavy atom. The van der Waals surface area contributed by atoms with Crippen LogP contribution in [-0.2, 0) is 6.42 Å². The van der Waals surface area contributed by atoms with Gasteiger partial charge in [-0.15, -0.1) is 0 Å². The predicted molar refractivity (Wildman–Crippen MR) is 98.5 cm³/mol. The van der Waals surface area contributed by atoms with Crippen molar-refractivity contribution in [2.75, 3.05) is 32.0 Å². The largest absolute Gasteiger partial charge is 0.478 e. The van der Waals surface area contributed by atoms with Crippen LogP contribution in [0.4, 0.5) is 0 Å². The molecule has 24 heavy (non-hydrogen) atoms. The summed E-state index contributed by atoms with van der Waals surface area (Å²) in [6.07, 6.45) is 2.62. The first-order chi connectivity index (χ1) is 11.6. The maximum Gasteiger partial charge on any atom is 0.335 e. The van der Waals surface area contributed by atoms with Crippen molar-refractivity contribution in [1.29, 1.82) is 0 Å². The second kappa shape index (κ2) is 7.43. The minimum atomic E-state index is -1.97. The van der Waals surface area contributed by atoms with Gasteiger partial charge >= 0.3 is 5.97 Å². The number of hydrogen-bond acceptors (Lipinski definition) is 3. The van der Waals surface area contributed by atoms with Gasteiger partial charge in [-0.05, 0) is 36.2 Å². The molecule has 2 N–H and O–H groups in total. The van der Waals surface area contributed by atoms with E-state index in [1.807, 2.05) is 42.5 Å². The maximum absolute atomic E-state index is 11.0. The third-order valence-corrected chi connectivity index (χ3v) is 7.87. The second-order valence-electron chi connectivity index (χ2n) is 6.30. The first-order valence-electron chi connectivity index (χ1n) is 8.27. The molecule has 0 atom stereocenters. The van der Waals surface area contributed by atoms with Gasteiger partial charge in [0.1, 0.15) is 17.6 Å². The molecule has 2 aromatic carbocycles. The number of rotatable bonds is 5. The van der Waals surface area contributed by atoms with E-state index < -0.39 is 13.5 Å². The summed E-state index contributed by atoms with van der Waals surface area (Å²) in [5, 5.41) is 10.0. The van der Waals surface area contributed by atoms with Crippen LogP contribution in [0, 0.1) is 0 Å². The van der Waals surface area contributed by atoms with E-state index in [0.29, 0.717) is 5.56 Å². The number of nitrogens with zero attached hydrogens (tertiary/aromatic N) is 1. The van der Waals surface area contributed by atoms with Crippen molar-refractivity contribution in [3.8, 4) is 0 Å². The quantitative estimate of drug-likeness (QED) is 0.818. The Kier molecular flexibility index (Phi) is 5.30. The van der Waals surface area contributed by atoms with Crippen LogP contribution < -0.4 is 5.30 Å². The molecule has 4 nitrogen and oxygen atoms in total. The summed E-state index contributed by atoms with van der Waals surface area (Å²) in [4.78, 5) is 24.2. The number of benzene rings is 2. The molecule has 0 spiro atoms. The molecule has 0 radical (unpaired) electrons. The molecule has 126 valence electrons. The minimum absolute atomic E-state index is 0.328. The fourth-order valence-corrected chi connectivity index (χ4v) is 5.82. The lowest BCUT2D eigenvalue weighted by molar-refractivity contribution is 0.0697. The van der Waals surface area contributed by atoms with E-state index >= 15 is 0 Å². The molecule has 0 aromatic heterocycles. The van der Waals surface area contributed by atoms with E-state index in [-0.39, 0.29) is 0 Å². The zero-order chi connectivity index (χ0) is 17.0. The Morgan fingerprint density at radius 3 is 2.21 bits per heavy atom. The summed E-state index contributed by atoms with van der Waals surface area (Å²) >= 11 is 0. The highest BCUT2D eigenvalue weighted by molar-refractivity contribution is 7.77. The summed E-state index contributed by atoms with van der Waals surface area (Å²) in [5.74, 6) is -0.887. The highest BCUT2D eigenvalue weighted by atomic mass is 31.2. The highest BCUT2D eigenvalue weighted by Gasteiger charge is 2.41. The number of carboxylic acid groups (broad SMARTS) is 1. The fraction of sp³-hybridized carbons (Fsp3) is 0.316. The van der Waals surface area contributed by atoms with Gasteiger partial charge in [-0.2, -0.15) is 0 Å². The predicted octanol–water partition coefficient (Wildman–Crippen LogP) is 2.49. The maximum atomic E-state index is 11.0. The molecule has 1 aliphatic heterocycles. The van der Waals surface area contributed by atoms with Crippen LogP contribution in [0.25, 0.3) is 0 Å². The number of hydrogen-bond donors (Lipinski definition) is 2. The fourth-order valence-electron chi connectivity index (χ4n) is 3.13. The molecule has 5 heteroatoms. The third-order valence-electron chi connectivity index (χ3n) is 4.73. The smallest absolute Gasteiger partial charge is 0.335 e. The average Bonchev–Trinajstić information content (AvgIpc) is 2.62. The highest BCUT2D eigenvalue weighted by Crippen LogP contribution is 2.54. The molecule has 1 heterocycles. The molecule has 0 saturated carbocycles. The average molecular weight is 344 g/mol. The molecule has 3 rings (SSSR count). The first kappa shape index (κ1) is 17.1. The van der Waals surface area contributed by atoms with Crippen LogP contribution in [0.15, 0.2) is 54.6 Å². The van der Waals surface area contributed by atoms with Crippen molar-refractivity contribution in [2.45, 2.75) is 6.42 Å². The van der Waals surface area contributed by atoms with Crippen molar-refractivity contribution >= 4 is 18.8 Å². The van der Waals surface area contributed by atoms with Crippen LogP contribution in [0.3, 0.4) is 0 Å². The van der Waals surface area contributed by atoms with E-state index in [2.05, 4.69) is 4.90 Å². The molecule has 0 amide bonds. The Morgan fingerprint density at radius 2 is 1.62 bits per heavy atom. The van der Waals surface area contributed by atoms with Crippen LogP contribution in [0.5, 0.6) is 0 Å². The number of carboxylic acids is 1. The van der Waals surface area contributed by atoms with Gasteiger partial charge in [0.05, 0.1) is 5.56 Å². The van der Waals surface area contributed by atoms with Crippen LogP contribution >= 0.6 is 7.49 Å². The minimum Gasteiger partial charge on any atom is -0.478 e. The molecular formula is C19H23NO3P+. The SMILES string of the molecule is O=C(O)c1ccc(CCN2CC[P+](O)(c3ccccc3)CC2)cc1. The second-order valence-corrected chi connectivity index (χ2v) is 9.56. The van der Waals surface area contributed by atoms with Crippen molar-refractivity contribution in [1.82, 2.24) is 4.90 Å². The Hall–Kier alpha value is -1.74. The monoisotopic (exact) mass is 344 g/mol. The van der Waals surface area contributed by atoms with Crippen molar-refractivity contribution in [2.24, 2.45) is 0 Å². The molecule has 1 saturated heterocycles. The third kappa shape index (κ3) is 4.02. The molecule has 0 aliphatic carbocycles. The molecule has 1 aliphatic rings. The summed E-state index contributed by atoms with van der Waals surface area (Å²) in [6, 6.07) is 17.2. The lowest BCUT2D eigenvalue weighted by Gasteiger charge is -2.32. The van der Waals surface area contributed by atoms with Crippen molar-refractivity contribution in [3.05, 3.63) is 65.7 Å². The summed E-state index contributed by atoms with van der Waals surface area (Å²) in [6.45, 7) is 2.79. The molecule has 0 unspecified atom stereocenters. The van der Waals surface area contributed by atoms with E-state index in [4.69, 9.17) is 5.11 Å². The van der Waals surface area contributed by atoms with Crippen LogP contribution in [-0.4, -0.2) is 52.8 Å². The van der Waals surface area contributed by atoms with E-state index in [9.17, 15) is 9.69 Å². The number of aromatic carboxylic acids is 1. The summed E-state index contributed by atoms with van der Waals surface area (Å²) in [7, 11) is -1.97. The Bertz CT molecular complexity index is 680. The molecule has 0 bridgehead atoms. The topological polar surface area (TPSA) is 60.8 Å². The summed E-state index contributed by atoms with van der Waals surface area (Å²) in [5.41, 5.74) is 1.48. The van der Waals surface area contributed by atoms with Gasteiger partial charge in [-0.25, -0.2) is 9.69 Å². The van der Waals surface area contributed by atoms with Gasteiger partial charge in [0, 0.05) is 19.6 Å². The van der Waals surface area contributed by atoms with Gasteiger partial charge in [0.2, 0.25) is 0 Å². The Balaban J connectivity index is 1.51. The van der Waals surface area contributed by atoms with Crippen molar-refractivity contribution in [3.63, 3.8) is 0 Å². The van der Waals surface area contributed by atoms with Crippen LogP contribution in [0.1, 0.15) is 15.9 Å². The zero-order valence-corrected chi connectivity index (χ0v) is 14.5. The summed E-state index contributed by atoms with van der Waals surface area (Å²) < 4.78 is 0. The molecule has 2 aromatic rings. The van der Waals surface area contributed by atoms with Gasteiger partial charge in [-0.3, -0.25) is 4.90 Å². The van der Waals surface area contributed by atoms with Gasteiger partial charge < -0.3 is 5.11 Å². The lowest BCUT2D eigenvalue weighted by atomic mass is 10.1. The Labute approximate surface area is 143 Å². The zero-order valence-electron chi connectivity index (χ0n) is 13.6. The van der Waals surface area contributed by atoms with E-state index in [1.54, 1.807) is 12.1 Å². The van der Waals surface area contributed by atoms with Crippen molar-refractivity contribution < 1.29 is 14.8 Å². The van der Waals surface area contributed by atoms with Gasteiger partial charge in [0.25, 0.3) is 0 Å². The van der Waals surface area contributed by atoms with Crippen LogP contribution in [0.2, 0.25) is 0 Å². The standard InChI is InChI=1S/C19H22NO3P/c21-19(22)17-8-6-16(7-9-17)10-11-20-12-14-24(23,15-13-20)18-4-2-1-3-5-18/h1-9,23H,10-15H2/p+1. The number of carbonyl (C=O) groups is 1. The lowest BCUT2D eigenvalue weighted by Crippen LogP contribution is -2.40. The van der Waals surface area contributed by atoms with E-state index in [0.717, 1.165) is 49.2 Å². The van der Waals surface area contributed by atoms with Gasteiger partial charge in [0.15, 0.2) is 7.49 Å². The molecular weight excluding hydrogens is 321 g/mol. The van der Waals surface area contributed by atoms with Gasteiger partial charge in [-0.1, -0.05) is 30.3 Å². The molecule has 1 fully saturated rings. The normalized spacial score (nSPS) is 17.5.